The molecule has 0 aliphatic heterocycles. The number of nitriles is 1. The second-order valence-corrected chi connectivity index (χ2v) is 4.86. The second-order valence-electron chi connectivity index (χ2n) is 4.86. The maximum absolute atomic E-state index is 8.99. The Kier molecular flexibility index (Phi) is 2.28. The summed E-state index contributed by atoms with van der Waals surface area (Å²) in [5.41, 5.74) is 1.43. The minimum Gasteiger partial charge on any atom is -0.379 e. The number of aromatic nitrogens is 1. The summed E-state index contributed by atoms with van der Waals surface area (Å²) in [6, 6.07) is 6.58. The molecule has 0 bridgehead atoms. The summed E-state index contributed by atoms with van der Waals surface area (Å²) in [4.78, 5) is 4.09. The first kappa shape index (κ1) is 9.65. The smallest absolute Gasteiger partial charge is 0.163 e. The molecule has 3 nitrogen and oxygen atoms in total. The van der Waals surface area contributed by atoms with E-state index in [1.54, 1.807) is 6.20 Å². The summed E-state index contributed by atoms with van der Waals surface area (Å²) in [6.07, 6.45) is 7.05. The van der Waals surface area contributed by atoms with Crippen LogP contribution >= 0.6 is 0 Å². The van der Waals surface area contributed by atoms with Crippen molar-refractivity contribution in [3.63, 3.8) is 0 Å². The molecular weight excluding hydrogens is 198 g/mol. The Morgan fingerprint density at radius 3 is 2.56 bits per heavy atom. The molecule has 1 N–H and O–H groups in total. The molecule has 1 aromatic rings. The van der Waals surface area contributed by atoms with Crippen molar-refractivity contribution in [2.75, 3.05) is 5.32 Å². The number of hydrogen-bond acceptors (Lipinski definition) is 3. The molecule has 2 fully saturated rings. The van der Waals surface area contributed by atoms with E-state index in [4.69, 9.17) is 5.26 Å². The van der Waals surface area contributed by atoms with E-state index in [1.807, 2.05) is 12.1 Å². The van der Waals surface area contributed by atoms with Gasteiger partial charge in [-0.2, -0.15) is 5.26 Å². The predicted octanol–water partition coefficient (Wildman–Crippen LogP) is 2.55. The Morgan fingerprint density at radius 2 is 2.00 bits per heavy atom. The molecule has 0 aromatic carbocycles. The Morgan fingerprint density at radius 1 is 1.31 bits per heavy atom. The third kappa shape index (κ3) is 1.88. The summed E-state index contributed by atoms with van der Waals surface area (Å²) in [5.74, 6) is 1.67. The number of anilines is 1. The highest BCUT2D eigenvalue weighted by molar-refractivity contribution is 5.54. The Bertz CT molecular complexity index is 415. The molecular formula is C13H15N3. The maximum atomic E-state index is 8.99. The van der Waals surface area contributed by atoms with Crippen LogP contribution in [0.3, 0.4) is 0 Å². The molecule has 0 saturated heterocycles. The number of pyridine rings is 1. The van der Waals surface area contributed by atoms with Gasteiger partial charge in [0.25, 0.3) is 0 Å². The van der Waals surface area contributed by atoms with Gasteiger partial charge < -0.3 is 5.32 Å². The zero-order chi connectivity index (χ0) is 11.0. The van der Waals surface area contributed by atoms with Gasteiger partial charge in [-0.3, -0.25) is 0 Å². The molecule has 82 valence electrons. The second kappa shape index (κ2) is 3.79. The predicted molar refractivity (Wildman–Crippen MR) is 61.8 cm³/mol. The molecule has 1 heterocycles. The summed E-state index contributed by atoms with van der Waals surface area (Å²) >= 11 is 0. The van der Waals surface area contributed by atoms with Gasteiger partial charge in [0.15, 0.2) is 5.69 Å². The van der Waals surface area contributed by atoms with Crippen molar-refractivity contribution in [2.24, 2.45) is 11.8 Å². The van der Waals surface area contributed by atoms with E-state index < -0.39 is 0 Å². The fourth-order valence-electron chi connectivity index (χ4n) is 2.32. The molecule has 16 heavy (non-hydrogen) atoms. The van der Waals surface area contributed by atoms with Crippen LogP contribution in [-0.4, -0.2) is 11.0 Å². The van der Waals surface area contributed by atoms with Crippen LogP contribution in [0.2, 0.25) is 0 Å². The van der Waals surface area contributed by atoms with Gasteiger partial charge >= 0.3 is 0 Å². The topological polar surface area (TPSA) is 48.7 Å². The van der Waals surface area contributed by atoms with Gasteiger partial charge in [0.05, 0.1) is 5.69 Å². The van der Waals surface area contributed by atoms with Crippen molar-refractivity contribution in [2.45, 2.75) is 31.7 Å². The molecule has 0 spiro atoms. The number of hydrogen-bond donors (Lipinski definition) is 1. The molecule has 3 heteroatoms. The van der Waals surface area contributed by atoms with Crippen LogP contribution in [0.4, 0.5) is 5.69 Å². The standard InChI is InChI=1S/C13H15N3/c14-8-12-11(2-1-7-15-12)16-13(9-3-4-9)10-5-6-10/h1-2,7,9-10,13,16H,3-6H2. The van der Waals surface area contributed by atoms with E-state index in [0.29, 0.717) is 11.7 Å². The quantitative estimate of drug-likeness (QED) is 0.836. The Hall–Kier alpha value is -1.56. The third-order valence-corrected chi connectivity index (χ3v) is 3.50. The zero-order valence-electron chi connectivity index (χ0n) is 9.19. The minimum absolute atomic E-state index is 0.522. The summed E-state index contributed by atoms with van der Waals surface area (Å²) in [5, 5.41) is 12.5. The lowest BCUT2D eigenvalue weighted by molar-refractivity contribution is 0.567. The van der Waals surface area contributed by atoms with E-state index in [-0.39, 0.29) is 0 Å². The molecule has 0 radical (unpaired) electrons. The van der Waals surface area contributed by atoms with Gasteiger partial charge in [0.1, 0.15) is 6.07 Å². The summed E-state index contributed by atoms with van der Waals surface area (Å²) in [7, 11) is 0. The lowest BCUT2D eigenvalue weighted by Crippen LogP contribution is -2.24. The van der Waals surface area contributed by atoms with Crippen LogP contribution in [0.1, 0.15) is 31.4 Å². The molecule has 0 atom stereocenters. The van der Waals surface area contributed by atoms with Gasteiger partial charge in [0, 0.05) is 12.2 Å². The van der Waals surface area contributed by atoms with Crippen LogP contribution in [0.25, 0.3) is 0 Å². The third-order valence-electron chi connectivity index (χ3n) is 3.50. The van der Waals surface area contributed by atoms with Crippen molar-refractivity contribution >= 4 is 5.69 Å². The zero-order valence-corrected chi connectivity index (χ0v) is 9.19. The Labute approximate surface area is 95.5 Å². The van der Waals surface area contributed by atoms with Gasteiger partial charge in [-0.1, -0.05) is 0 Å². The first-order valence-electron chi connectivity index (χ1n) is 6.00. The van der Waals surface area contributed by atoms with Crippen molar-refractivity contribution in [1.82, 2.24) is 4.98 Å². The lowest BCUT2D eigenvalue weighted by Gasteiger charge is -2.19. The normalized spacial score (nSPS) is 19.5. The molecule has 3 rings (SSSR count). The average molecular weight is 213 g/mol. The highest BCUT2D eigenvalue weighted by Crippen LogP contribution is 2.45. The van der Waals surface area contributed by atoms with Gasteiger partial charge in [-0.05, 0) is 49.7 Å². The molecule has 2 aliphatic carbocycles. The first-order valence-corrected chi connectivity index (χ1v) is 6.00. The number of rotatable bonds is 4. The summed E-state index contributed by atoms with van der Waals surface area (Å²) < 4.78 is 0. The Balaban J connectivity index is 1.79. The van der Waals surface area contributed by atoms with E-state index in [0.717, 1.165) is 17.5 Å². The molecule has 2 aliphatic rings. The van der Waals surface area contributed by atoms with Crippen LogP contribution in [0.15, 0.2) is 18.3 Å². The van der Waals surface area contributed by atoms with Gasteiger partial charge in [-0.25, -0.2) is 4.98 Å². The van der Waals surface area contributed by atoms with Crippen molar-refractivity contribution in [3.8, 4) is 6.07 Å². The molecule has 0 unspecified atom stereocenters. The highest BCUT2D eigenvalue weighted by atomic mass is 15.0. The monoisotopic (exact) mass is 213 g/mol. The van der Waals surface area contributed by atoms with Gasteiger partial charge in [0.2, 0.25) is 0 Å². The number of nitrogens with zero attached hydrogens (tertiary/aromatic N) is 2. The summed E-state index contributed by atoms with van der Waals surface area (Å²) in [6.45, 7) is 0. The first-order chi connectivity index (χ1) is 7.88. The highest BCUT2D eigenvalue weighted by Gasteiger charge is 2.41. The van der Waals surface area contributed by atoms with E-state index in [9.17, 15) is 0 Å². The fraction of sp³-hybridized carbons (Fsp3) is 0.538. The van der Waals surface area contributed by atoms with Crippen LogP contribution in [-0.2, 0) is 0 Å². The SMILES string of the molecule is N#Cc1ncccc1NC(C1CC1)C1CC1. The van der Waals surface area contributed by atoms with E-state index >= 15 is 0 Å². The van der Waals surface area contributed by atoms with Crippen molar-refractivity contribution in [3.05, 3.63) is 24.0 Å². The van der Waals surface area contributed by atoms with Crippen LogP contribution in [0.5, 0.6) is 0 Å². The molecule has 1 aromatic heterocycles. The van der Waals surface area contributed by atoms with Crippen LogP contribution < -0.4 is 5.32 Å². The van der Waals surface area contributed by atoms with Crippen molar-refractivity contribution < 1.29 is 0 Å². The lowest BCUT2D eigenvalue weighted by atomic mass is 10.1. The van der Waals surface area contributed by atoms with Crippen LogP contribution in [0, 0.1) is 23.2 Å². The largest absolute Gasteiger partial charge is 0.379 e. The van der Waals surface area contributed by atoms with E-state index in [2.05, 4.69) is 16.4 Å². The minimum atomic E-state index is 0.522. The van der Waals surface area contributed by atoms with Crippen molar-refractivity contribution in [1.29, 1.82) is 5.26 Å². The number of nitrogens with one attached hydrogen (secondary N) is 1. The molecule has 2 saturated carbocycles. The maximum Gasteiger partial charge on any atom is 0.163 e. The molecule has 0 amide bonds. The average Bonchev–Trinajstić information content (AvgIpc) is 3.18. The van der Waals surface area contributed by atoms with Gasteiger partial charge in [-0.15, -0.1) is 0 Å². The fourth-order valence-corrected chi connectivity index (χ4v) is 2.32. The van der Waals surface area contributed by atoms with E-state index in [1.165, 1.54) is 25.7 Å².